The number of aromatic nitrogens is 3. The zero-order chi connectivity index (χ0) is 21.7. The second kappa shape index (κ2) is 9.40. The lowest BCUT2D eigenvalue weighted by Gasteiger charge is -2.21. The number of fused-ring (bicyclic) bond motifs is 1. The highest BCUT2D eigenvalue weighted by Crippen LogP contribution is 2.41. The van der Waals surface area contributed by atoms with Crippen LogP contribution < -0.4 is 29.7 Å². The molecule has 0 aliphatic carbocycles. The molecule has 0 fully saturated rings. The van der Waals surface area contributed by atoms with E-state index in [1.54, 1.807) is 27.5 Å². The van der Waals surface area contributed by atoms with Crippen LogP contribution in [0.1, 0.15) is 6.92 Å². The second-order valence-electron chi connectivity index (χ2n) is 6.19. The van der Waals surface area contributed by atoms with Gasteiger partial charge in [-0.15, -0.1) is 0 Å². The van der Waals surface area contributed by atoms with E-state index in [0.717, 1.165) is 12.2 Å². The molecule has 2 N–H and O–H groups in total. The minimum atomic E-state index is 0.496. The van der Waals surface area contributed by atoms with Gasteiger partial charge in [-0.1, -0.05) is 0 Å². The van der Waals surface area contributed by atoms with Crippen LogP contribution >= 0.6 is 12.2 Å². The van der Waals surface area contributed by atoms with Gasteiger partial charge in [-0.05, 0) is 31.3 Å². The summed E-state index contributed by atoms with van der Waals surface area (Å²) in [5.41, 5.74) is 1.97. The van der Waals surface area contributed by atoms with Crippen molar-refractivity contribution < 1.29 is 14.2 Å². The van der Waals surface area contributed by atoms with Crippen molar-refractivity contribution in [3.8, 4) is 17.2 Å². The van der Waals surface area contributed by atoms with E-state index >= 15 is 0 Å². The van der Waals surface area contributed by atoms with E-state index in [1.165, 1.54) is 0 Å². The molecule has 10 heteroatoms. The lowest BCUT2D eigenvalue weighted by atomic mass is 10.2. The molecule has 2 aromatic heterocycles. The maximum Gasteiger partial charge on any atom is 0.203 e. The summed E-state index contributed by atoms with van der Waals surface area (Å²) in [6, 6.07) is 7.33. The van der Waals surface area contributed by atoms with Gasteiger partial charge in [0.25, 0.3) is 0 Å². The van der Waals surface area contributed by atoms with Gasteiger partial charge in [-0.3, -0.25) is 0 Å². The molecule has 0 aliphatic heterocycles. The lowest BCUT2D eigenvalue weighted by Crippen LogP contribution is -2.28. The van der Waals surface area contributed by atoms with Crippen molar-refractivity contribution in [3.63, 3.8) is 0 Å². The maximum atomic E-state index is 5.44. The zero-order valence-corrected chi connectivity index (χ0v) is 18.3. The number of nitrogens with zero attached hydrogens (tertiary/aromatic N) is 4. The molecule has 0 spiro atoms. The number of thiocarbonyl (C=S) groups is 1. The van der Waals surface area contributed by atoms with E-state index in [4.69, 9.17) is 26.4 Å². The number of pyridine rings is 1. The van der Waals surface area contributed by atoms with E-state index in [0.29, 0.717) is 45.2 Å². The van der Waals surface area contributed by atoms with Crippen LogP contribution in [0.25, 0.3) is 11.2 Å². The minimum absolute atomic E-state index is 0.496. The second-order valence-corrected chi connectivity index (χ2v) is 6.60. The average molecular weight is 429 g/mol. The summed E-state index contributed by atoms with van der Waals surface area (Å²) in [5, 5.41) is 6.57. The van der Waals surface area contributed by atoms with E-state index < -0.39 is 0 Å². The summed E-state index contributed by atoms with van der Waals surface area (Å²) < 4.78 is 16.3. The van der Waals surface area contributed by atoms with E-state index in [2.05, 4.69) is 25.6 Å². The summed E-state index contributed by atoms with van der Waals surface area (Å²) in [6.07, 6.45) is 1.68. The van der Waals surface area contributed by atoms with Crippen molar-refractivity contribution in [2.75, 3.05) is 45.1 Å². The third-order valence-corrected chi connectivity index (χ3v) is 4.60. The summed E-state index contributed by atoms with van der Waals surface area (Å²) in [4.78, 5) is 15.5. The highest BCUT2D eigenvalue weighted by molar-refractivity contribution is 7.80. The third kappa shape index (κ3) is 4.43. The summed E-state index contributed by atoms with van der Waals surface area (Å²) >= 11 is 5.22. The molecule has 0 amide bonds. The SMILES string of the molecule is CCNC(=S)Nc1ccc2ncc(N(C)c3cc(OC)c(OC)c(OC)c3)nc2n1. The Balaban J connectivity index is 1.96. The first-order valence-electron chi connectivity index (χ1n) is 9.23. The molecule has 3 rings (SSSR count). The van der Waals surface area contributed by atoms with E-state index in [9.17, 15) is 0 Å². The maximum absolute atomic E-state index is 5.44. The Morgan fingerprint density at radius 3 is 2.37 bits per heavy atom. The third-order valence-electron chi connectivity index (χ3n) is 4.35. The van der Waals surface area contributed by atoms with E-state index in [1.807, 2.05) is 43.1 Å². The summed E-state index contributed by atoms with van der Waals surface area (Å²) in [7, 11) is 6.59. The Hall–Kier alpha value is -3.40. The molecule has 0 saturated carbocycles. The fraction of sp³-hybridized carbons (Fsp3) is 0.300. The van der Waals surface area contributed by atoms with Crippen molar-refractivity contribution >= 4 is 45.8 Å². The lowest BCUT2D eigenvalue weighted by molar-refractivity contribution is 0.324. The number of hydrogen-bond acceptors (Lipinski definition) is 8. The first kappa shape index (κ1) is 21.3. The van der Waals surface area contributed by atoms with Gasteiger partial charge in [-0.25, -0.2) is 15.0 Å². The molecule has 0 atom stereocenters. The van der Waals surface area contributed by atoms with Crippen LogP contribution in [0.2, 0.25) is 0 Å². The van der Waals surface area contributed by atoms with Gasteiger partial charge in [0.05, 0.1) is 27.5 Å². The van der Waals surface area contributed by atoms with Crippen LogP contribution in [0.5, 0.6) is 17.2 Å². The number of nitrogens with one attached hydrogen (secondary N) is 2. The van der Waals surface area contributed by atoms with Crippen LogP contribution in [0.15, 0.2) is 30.5 Å². The van der Waals surface area contributed by atoms with Gasteiger partial charge in [0.2, 0.25) is 5.75 Å². The highest BCUT2D eigenvalue weighted by Gasteiger charge is 2.17. The van der Waals surface area contributed by atoms with Crippen molar-refractivity contribution in [1.29, 1.82) is 0 Å². The molecule has 30 heavy (non-hydrogen) atoms. The first-order valence-corrected chi connectivity index (χ1v) is 9.63. The topological polar surface area (TPSA) is 93.7 Å². The van der Waals surface area contributed by atoms with Crippen LogP contribution in [0.3, 0.4) is 0 Å². The van der Waals surface area contributed by atoms with E-state index in [-0.39, 0.29) is 0 Å². The molecule has 0 bridgehead atoms. The van der Waals surface area contributed by atoms with Gasteiger partial charge in [0, 0.05) is 31.4 Å². The van der Waals surface area contributed by atoms with Gasteiger partial charge < -0.3 is 29.7 Å². The molecule has 1 aromatic carbocycles. The molecule has 3 aromatic rings. The quantitative estimate of drug-likeness (QED) is 0.547. The zero-order valence-electron chi connectivity index (χ0n) is 17.5. The molecular formula is C20H24N6O3S. The van der Waals surface area contributed by atoms with Gasteiger partial charge >= 0.3 is 0 Å². The number of benzene rings is 1. The Bertz CT molecular complexity index is 1040. The number of anilines is 3. The molecule has 0 radical (unpaired) electrons. The molecule has 0 unspecified atom stereocenters. The number of rotatable bonds is 7. The van der Waals surface area contributed by atoms with Crippen LogP contribution in [-0.2, 0) is 0 Å². The van der Waals surface area contributed by atoms with Gasteiger partial charge in [0.15, 0.2) is 28.1 Å². The summed E-state index contributed by atoms with van der Waals surface area (Å²) in [5.74, 6) is 2.82. The average Bonchev–Trinajstić information content (AvgIpc) is 2.77. The number of methoxy groups -OCH3 is 3. The predicted octanol–water partition coefficient (Wildman–Crippen LogP) is 3.12. The Kier molecular flexibility index (Phi) is 6.68. The van der Waals surface area contributed by atoms with Gasteiger partial charge in [-0.2, -0.15) is 0 Å². The minimum Gasteiger partial charge on any atom is -0.493 e. The molecule has 0 aliphatic rings. The fourth-order valence-corrected chi connectivity index (χ4v) is 3.08. The molecule has 158 valence electrons. The standard InChI is InChI=1S/C20H24N6O3S/c1-6-21-20(30)24-16-8-7-13-19(23-16)25-17(11-22-13)26(2)12-9-14(27-3)18(29-5)15(10-12)28-4/h7-11H,6H2,1-5H3,(H2,21,23,24,25,30). The van der Waals surface area contributed by atoms with Crippen molar-refractivity contribution in [1.82, 2.24) is 20.3 Å². The van der Waals surface area contributed by atoms with Crippen LogP contribution in [0, 0.1) is 0 Å². The molecule has 2 heterocycles. The normalized spacial score (nSPS) is 10.4. The van der Waals surface area contributed by atoms with Gasteiger partial charge in [0.1, 0.15) is 11.3 Å². The van der Waals surface area contributed by atoms with Crippen molar-refractivity contribution in [2.45, 2.75) is 6.92 Å². The Labute approximate surface area is 180 Å². The largest absolute Gasteiger partial charge is 0.493 e. The van der Waals surface area contributed by atoms with Crippen molar-refractivity contribution in [3.05, 3.63) is 30.5 Å². The van der Waals surface area contributed by atoms with Crippen LogP contribution in [0.4, 0.5) is 17.3 Å². The molecular weight excluding hydrogens is 404 g/mol. The van der Waals surface area contributed by atoms with Crippen LogP contribution in [-0.4, -0.2) is 55.0 Å². The number of ether oxygens (including phenoxy) is 3. The number of hydrogen-bond donors (Lipinski definition) is 2. The first-order chi connectivity index (χ1) is 14.5. The molecule has 9 nitrogen and oxygen atoms in total. The van der Waals surface area contributed by atoms with Crippen molar-refractivity contribution in [2.24, 2.45) is 0 Å². The molecule has 0 saturated heterocycles. The Morgan fingerprint density at radius 1 is 1.07 bits per heavy atom. The fourth-order valence-electron chi connectivity index (χ4n) is 2.83. The Morgan fingerprint density at radius 2 is 1.77 bits per heavy atom. The predicted molar refractivity (Wildman–Crippen MR) is 121 cm³/mol. The monoisotopic (exact) mass is 428 g/mol. The summed E-state index contributed by atoms with van der Waals surface area (Å²) in [6.45, 7) is 2.70. The smallest absolute Gasteiger partial charge is 0.203 e. The highest BCUT2D eigenvalue weighted by atomic mass is 32.1.